The predicted octanol–water partition coefficient (Wildman–Crippen LogP) is 8.68. The summed E-state index contributed by atoms with van der Waals surface area (Å²) in [6.45, 7) is 4.23. The number of nitrogens with one attached hydrogen (secondary N) is 2. The molecule has 9 heteroatoms. The first-order valence-corrected chi connectivity index (χ1v) is 18.2. The first-order valence-electron chi connectivity index (χ1n) is 17.9. The molecule has 1 unspecified atom stereocenters. The zero-order valence-corrected chi connectivity index (χ0v) is 28.4. The lowest BCUT2D eigenvalue weighted by Gasteiger charge is -2.60. The number of rotatable bonds is 10. The third-order valence-electron chi connectivity index (χ3n) is 11.8. The summed E-state index contributed by atoms with van der Waals surface area (Å²) < 4.78 is 5.87. The predicted molar refractivity (Wildman–Crippen MR) is 183 cm³/mol. The number of ether oxygens (including phenoxy) is 1. The highest BCUT2D eigenvalue weighted by Crippen LogP contribution is 2.62. The van der Waals surface area contributed by atoms with Crippen molar-refractivity contribution in [1.82, 2.24) is 10.3 Å². The van der Waals surface area contributed by atoms with Crippen molar-refractivity contribution in [3.8, 4) is 16.9 Å². The van der Waals surface area contributed by atoms with E-state index >= 15 is 0 Å². The van der Waals surface area contributed by atoms with E-state index in [1.165, 1.54) is 32.1 Å². The largest absolute Gasteiger partial charge is 0.496 e. The molecule has 4 bridgehead atoms. The van der Waals surface area contributed by atoms with E-state index in [1.54, 1.807) is 7.11 Å². The average molecular weight is 662 g/mol. The van der Waals surface area contributed by atoms with Crippen LogP contribution in [0.5, 0.6) is 5.75 Å². The van der Waals surface area contributed by atoms with Gasteiger partial charge in [-0.05, 0) is 119 Å². The number of hydrogen-bond acceptors (Lipinski definition) is 8. The van der Waals surface area contributed by atoms with Crippen LogP contribution < -0.4 is 15.4 Å². The van der Waals surface area contributed by atoms with Crippen molar-refractivity contribution >= 4 is 28.2 Å². The molecule has 0 amide bonds. The first kappa shape index (κ1) is 31.8. The Morgan fingerprint density at radius 1 is 0.957 bits per heavy atom. The first-order chi connectivity index (χ1) is 22.9. The standard InChI is InChI=1S/C38H48ClN3O5/c1-24(42-33-22-34(43-2)35(28-7-9-31(39)10-8-28)32-6-4-16-41-36(32)33)5-3-15-40-23-25-11-13-37(14-12-25)44-46-38(47-45-37)29-18-26-17-27(20-29)21-30(38)19-26/h4,6-10,16,22,24-27,29-30,40,42H,3,5,11-15,17-21,23H2,1-2H3. The van der Waals surface area contributed by atoms with Gasteiger partial charge >= 0.3 is 0 Å². The molecule has 0 radical (unpaired) electrons. The summed E-state index contributed by atoms with van der Waals surface area (Å²) >= 11 is 6.17. The molecule has 2 spiro atoms. The average Bonchev–Trinajstić information content (AvgIpc) is 3.09. The summed E-state index contributed by atoms with van der Waals surface area (Å²) in [7, 11) is 1.72. The van der Waals surface area contributed by atoms with Gasteiger partial charge in [0.1, 0.15) is 5.75 Å². The number of benzene rings is 2. The van der Waals surface area contributed by atoms with E-state index in [0.29, 0.717) is 22.8 Å². The number of halogens is 1. The molecule has 6 fully saturated rings. The maximum atomic E-state index is 6.23. The quantitative estimate of drug-likeness (QED) is 0.165. The number of aromatic nitrogens is 1. The van der Waals surface area contributed by atoms with E-state index in [-0.39, 0.29) is 6.04 Å². The summed E-state index contributed by atoms with van der Waals surface area (Å²) in [5.74, 6) is 2.51. The maximum Gasteiger partial charge on any atom is 0.239 e. The lowest BCUT2D eigenvalue weighted by atomic mass is 9.53. The number of hydrogen-bond donors (Lipinski definition) is 2. The number of nitrogens with zero attached hydrogens (tertiary/aromatic N) is 1. The zero-order valence-electron chi connectivity index (χ0n) is 27.6. The Labute approximate surface area is 283 Å². The second-order valence-corrected chi connectivity index (χ2v) is 15.4. The Bertz CT molecular complexity index is 1520. The van der Waals surface area contributed by atoms with Crippen LogP contribution in [0.1, 0.15) is 77.6 Å². The van der Waals surface area contributed by atoms with E-state index in [2.05, 4.69) is 29.7 Å². The summed E-state index contributed by atoms with van der Waals surface area (Å²) in [6, 6.07) is 14.3. The summed E-state index contributed by atoms with van der Waals surface area (Å²) in [4.78, 5) is 29.5. The highest BCUT2D eigenvalue weighted by atomic mass is 35.5. The molecule has 5 aliphatic carbocycles. The van der Waals surface area contributed by atoms with E-state index in [1.807, 2.05) is 36.5 Å². The van der Waals surface area contributed by atoms with Gasteiger partial charge in [-0.25, -0.2) is 0 Å². The van der Waals surface area contributed by atoms with Gasteiger partial charge in [0.05, 0.1) is 18.3 Å². The molecule has 3 aromatic rings. The summed E-state index contributed by atoms with van der Waals surface area (Å²) in [5.41, 5.74) is 4.00. The number of methoxy groups -OCH3 is 1. The van der Waals surface area contributed by atoms with Crippen molar-refractivity contribution in [1.29, 1.82) is 0 Å². The van der Waals surface area contributed by atoms with Crippen molar-refractivity contribution in [2.75, 3.05) is 25.5 Å². The Morgan fingerprint density at radius 3 is 2.34 bits per heavy atom. The van der Waals surface area contributed by atoms with E-state index in [4.69, 9.17) is 40.9 Å². The summed E-state index contributed by atoms with van der Waals surface area (Å²) in [6.07, 6.45) is 13.8. The molecule has 252 valence electrons. The second-order valence-electron chi connectivity index (χ2n) is 15.0. The fourth-order valence-corrected chi connectivity index (χ4v) is 9.63. The smallest absolute Gasteiger partial charge is 0.239 e. The monoisotopic (exact) mass is 661 g/mol. The highest BCUT2D eigenvalue weighted by Gasteiger charge is 2.64. The van der Waals surface area contributed by atoms with Crippen molar-refractivity contribution in [2.45, 2.75) is 95.2 Å². The zero-order chi connectivity index (χ0) is 32.0. The fraction of sp³-hybridized carbons (Fsp3) is 0.605. The molecule has 9 rings (SSSR count). The van der Waals surface area contributed by atoms with Gasteiger partial charge in [0.2, 0.25) is 11.6 Å². The van der Waals surface area contributed by atoms with E-state index in [0.717, 1.165) is 96.9 Å². The second kappa shape index (κ2) is 13.1. The molecular formula is C38H48ClN3O5. The third kappa shape index (κ3) is 6.15. The number of fused-ring (bicyclic) bond motifs is 1. The van der Waals surface area contributed by atoms with Gasteiger partial charge in [-0.3, -0.25) is 4.98 Å². The van der Waals surface area contributed by atoms with E-state index < -0.39 is 11.6 Å². The van der Waals surface area contributed by atoms with Crippen LogP contribution in [0.15, 0.2) is 48.7 Å². The normalized spacial score (nSPS) is 33.5. The lowest BCUT2D eigenvalue weighted by Crippen LogP contribution is -2.64. The van der Waals surface area contributed by atoms with Gasteiger partial charge < -0.3 is 15.4 Å². The number of pyridine rings is 1. The minimum atomic E-state index is -0.744. The Kier molecular flexibility index (Phi) is 8.86. The Hall–Kier alpha value is -2.46. The molecule has 2 aromatic carbocycles. The van der Waals surface area contributed by atoms with Crippen LogP contribution in [0, 0.1) is 29.6 Å². The maximum absolute atomic E-state index is 6.23. The van der Waals surface area contributed by atoms with Crippen LogP contribution in [-0.2, 0) is 19.6 Å². The highest BCUT2D eigenvalue weighted by molar-refractivity contribution is 6.30. The van der Waals surface area contributed by atoms with Gasteiger partial charge in [0.15, 0.2) is 0 Å². The van der Waals surface area contributed by atoms with Gasteiger partial charge in [0.25, 0.3) is 0 Å². The fourth-order valence-electron chi connectivity index (χ4n) is 9.50. The molecule has 1 aliphatic heterocycles. The van der Waals surface area contributed by atoms with Crippen LogP contribution in [0.25, 0.3) is 22.0 Å². The van der Waals surface area contributed by atoms with Gasteiger partial charge in [-0.1, -0.05) is 29.8 Å². The molecule has 1 aromatic heterocycles. The topological polar surface area (TPSA) is 83.1 Å². The molecule has 2 N–H and O–H groups in total. The third-order valence-corrected chi connectivity index (χ3v) is 12.1. The van der Waals surface area contributed by atoms with Crippen molar-refractivity contribution < 1.29 is 24.3 Å². The van der Waals surface area contributed by atoms with E-state index in [9.17, 15) is 0 Å². The van der Waals surface area contributed by atoms with Crippen molar-refractivity contribution in [2.24, 2.45) is 29.6 Å². The molecule has 5 saturated carbocycles. The van der Waals surface area contributed by atoms with Gasteiger partial charge in [-0.2, -0.15) is 19.6 Å². The van der Waals surface area contributed by atoms with Gasteiger partial charge in [-0.15, -0.1) is 0 Å². The number of anilines is 1. The van der Waals surface area contributed by atoms with Crippen LogP contribution >= 0.6 is 11.6 Å². The van der Waals surface area contributed by atoms with Gasteiger partial charge in [0, 0.05) is 59.0 Å². The minimum Gasteiger partial charge on any atom is -0.496 e. The van der Waals surface area contributed by atoms with Crippen molar-refractivity contribution in [3.63, 3.8) is 0 Å². The molecule has 6 aliphatic rings. The van der Waals surface area contributed by atoms with Crippen LogP contribution in [0.4, 0.5) is 5.69 Å². The molecular weight excluding hydrogens is 614 g/mol. The SMILES string of the molecule is COc1cc(NC(C)CCCNCC2CCC3(CC2)OOC2(OO3)C3CC4CC(C3)CC2C4)c2ncccc2c1-c1ccc(Cl)cc1. The lowest BCUT2D eigenvalue weighted by molar-refractivity contribution is -0.680. The Balaban J connectivity index is 0.791. The summed E-state index contributed by atoms with van der Waals surface area (Å²) in [5, 5.41) is 9.19. The molecule has 8 nitrogen and oxygen atoms in total. The van der Waals surface area contributed by atoms with Crippen molar-refractivity contribution in [3.05, 3.63) is 53.7 Å². The van der Waals surface area contributed by atoms with Crippen LogP contribution in [0.3, 0.4) is 0 Å². The Morgan fingerprint density at radius 2 is 1.66 bits per heavy atom. The molecule has 2 heterocycles. The van der Waals surface area contributed by atoms with Crippen LogP contribution in [0.2, 0.25) is 5.02 Å². The molecule has 1 saturated heterocycles. The minimum absolute atomic E-state index is 0.279. The molecule has 1 atom stereocenters. The van der Waals surface area contributed by atoms with Crippen LogP contribution in [-0.4, -0.2) is 42.8 Å². The molecule has 47 heavy (non-hydrogen) atoms.